The molecule has 2 rings (SSSR count). The Hall–Kier alpha value is -1.19. The number of aromatic nitrogens is 1. The van der Waals surface area contributed by atoms with Crippen molar-refractivity contribution in [3.8, 4) is 0 Å². The SMILES string of the molecule is C=CC(C)(CNC(C)C)Cc1nc2ccccc2s1. The highest BCUT2D eigenvalue weighted by Gasteiger charge is 2.22. The van der Waals surface area contributed by atoms with E-state index in [1.807, 2.05) is 6.07 Å². The third-order valence-electron chi connectivity index (χ3n) is 3.30. The molecular weight excluding hydrogens is 252 g/mol. The fraction of sp³-hybridized carbons (Fsp3) is 0.438. The van der Waals surface area contributed by atoms with Crippen LogP contribution in [0.25, 0.3) is 10.2 Å². The van der Waals surface area contributed by atoms with Crippen LogP contribution < -0.4 is 5.32 Å². The Morgan fingerprint density at radius 3 is 2.79 bits per heavy atom. The average Bonchev–Trinajstić information content (AvgIpc) is 2.78. The van der Waals surface area contributed by atoms with Crippen LogP contribution in [0.15, 0.2) is 36.9 Å². The monoisotopic (exact) mass is 274 g/mol. The van der Waals surface area contributed by atoms with Crippen LogP contribution in [0.3, 0.4) is 0 Å². The van der Waals surface area contributed by atoms with Crippen molar-refractivity contribution in [2.24, 2.45) is 5.41 Å². The number of rotatable bonds is 6. The van der Waals surface area contributed by atoms with Crippen molar-refractivity contribution in [3.63, 3.8) is 0 Å². The molecular formula is C16H22N2S. The van der Waals surface area contributed by atoms with Gasteiger partial charge in [-0.15, -0.1) is 17.9 Å². The summed E-state index contributed by atoms with van der Waals surface area (Å²) in [6.07, 6.45) is 2.99. The Kier molecular flexibility index (Phi) is 4.38. The van der Waals surface area contributed by atoms with Crippen LogP contribution in [0.2, 0.25) is 0 Å². The molecule has 1 N–H and O–H groups in total. The van der Waals surface area contributed by atoms with Crippen molar-refractivity contribution in [1.29, 1.82) is 0 Å². The molecule has 1 aromatic heterocycles. The molecule has 0 spiro atoms. The number of nitrogens with one attached hydrogen (secondary N) is 1. The van der Waals surface area contributed by atoms with E-state index >= 15 is 0 Å². The molecule has 0 aliphatic rings. The van der Waals surface area contributed by atoms with E-state index < -0.39 is 0 Å². The average molecular weight is 274 g/mol. The van der Waals surface area contributed by atoms with Gasteiger partial charge in [-0.05, 0) is 12.1 Å². The molecule has 0 aliphatic carbocycles. The number of benzene rings is 1. The second-order valence-electron chi connectivity index (χ2n) is 5.65. The van der Waals surface area contributed by atoms with Gasteiger partial charge in [0.2, 0.25) is 0 Å². The predicted octanol–water partition coefficient (Wildman–Crippen LogP) is 4.03. The van der Waals surface area contributed by atoms with E-state index in [-0.39, 0.29) is 5.41 Å². The van der Waals surface area contributed by atoms with Gasteiger partial charge in [0, 0.05) is 24.4 Å². The van der Waals surface area contributed by atoms with Gasteiger partial charge in [-0.25, -0.2) is 4.98 Å². The van der Waals surface area contributed by atoms with Gasteiger partial charge in [0.1, 0.15) is 0 Å². The molecule has 0 saturated heterocycles. The number of thiazole rings is 1. The van der Waals surface area contributed by atoms with Crippen molar-refractivity contribution in [3.05, 3.63) is 41.9 Å². The summed E-state index contributed by atoms with van der Waals surface area (Å²) in [5.41, 5.74) is 1.16. The van der Waals surface area contributed by atoms with Gasteiger partial charge >= 0.3 is 0 Å². The molecule has 2 nitrogen and oxygen atoms in total. The summed E-state index contributed by atoms with van der Waals surface area (Å²) in [6, 6.07) is 8.81. The summed E-state index contributed by atoms with van der Waals surface area (Å²) in [5.74, 6) is 0. The fourth-order valence-electron chi connectivity index (χ4n) is 1.99. The van der Waals surface area contributed by atoms with Crippen LogP contribution >= 0.6 is 11.3 Å². The summed E-state index contributed by atoms with van der Waals surface area (Å²) in [5, 5.41) is 4.69. The Balaban J connectivity index is 2.14. The summed E-state index contributed by atoms with van der Waals surface area (Å²) in [4.78, 5) is 4.72. The first-order valence-electron chi connectivity index (χ1n) is 6.74. The minimum absolute atomic E-state index is 0.0537. The highest BCUT2D eigenvalue weighted by molar-refractivity contribution is 7.18. The summed E-state index contributed by atoms with van der Waals surface area (Å²) in [6.45, 7) is 11.5. The van der Waals surface area contributed by atoms with Crippen LogP contribution in [0.5, 0.6) is 0 Å². The minimum atomic E-state index is 0.0537. The molecule has 0 amide bonds. The predicted molar refractivity (Wildman–Crippen MR) is 84.8 cm³/mol. The molecule has 0 bridgehead atoms. The first-order chi connectivity index (χ1) is 9.02. The zero-order valence-electron chi connectivity index (χ0n) is 11.9. The first-order valence-corrected chi connectivity index (χ1v) is 7.55. The van der Waals surface area contributed by atoms with Crippen molar-refractivity contribution < 1.29 is 0 Å². The topological polar surface area (TPSA) is 24.9 Å². The van der Waals surface area contributed by atoms with Gasteiger partial charge in [-0.2, -0.15) is 0 Å². The highest BCUT2D eigenvalue weighted by atomic mass is 32.1. The van der Waals surface area contributed by atoms with Gasteiger partial charge < -0.3 is 5.32 Å². The number of nitrogens with zero attached hydrogens (tertiary/aromatic N) is 1. The van der Waals surface area contributed by atoms with Crippen molar-refractivity contribution in [2.45, 2.75) is 33.2 Å². The van der Waals surface area contributed by atoms with E-state index in [4.69, 9.17) is 4.98 Å². The molecule has 2 aromatic rings. The molecule has 3 heteroatoms. The summed E-state index contributed by atoms with van der Waals surface area (Å²) >= 11 is 1.79. The molecule has 19 heavy (non-hydrogen) atoms. The molecule has 1 unspecified atom stereocenters. The van der Waals surface area contributed by atoms with E-state index in [1.54, 1.807) is 11.3 Å². The van der Waals surface area contributed by atoms with E-state index in [2.05, 4.69) is 56.9 Å². The van der Waals surface area contributed by atoms with Gasteiger partial charge in [0.05, 0.1) is 15.2 Å². The van der Waals surface area contributed by atoms with Crippen LogP contribution in [0.4, 0.5) is 0 Å². The second-order valence-corrected chi connectivity index (χ2v) is 6.76. The Bertz CT molecular complexity index is 526. The third kappa shape index (κ3) is 3.64. The van der Waals surface area contributed by atoms with E-state index in [9.17, 15) is 0 Å². The number of para-hydroxylation sites is 1. The standard InChI is InChI=1S/C16H22N2S/c1-5-16(4,11-17-12(2)3)10-15-18-13-8-6-7-9-14(13)19-15/h5-9,12,17H,1,10-11H2,2-4H3. The van der Waals surface area contributed by atoms with Crippen LogP contribution in [-0.2, 0) is 6.42 Å². The normalized spacial score (nSPS) is 14.7. The Morgan fingerprint density at radius 2 is 2.16 bits per heavy atom. The van der Waals surface area contributed by atoms with E-state index in [0.717, 1.165) is 18.5 Å². The maximum atomic E-state index is 4.72. The first kappa shape index (κ1) is 14.2. The van der Waals surface area contributed by atoms with Crippen molar-refractivity contribution in [1.82, 2.24) is 10.3 Å². The van der Waals surface area contributed by atoms with Crippen LogP contribution in [0, 0.1) is 5.41 Å². The van der Waals surface area contributed by atoms with Crippen LogP contribution in [0.1, 0.15) is 25.8 Å². The molecule has 1 atom stereocenters. The lowest BCUT2D eigenvalue weighted by molar-refractivity contribution is 0.373. The largest absolute Gasteiger partial charge is 0.314 e. The Labute approximate surface area is 119 Å². The van der Waals surface area contributed by atoms with Gasteiger partial charge in [0.15, 0.2) is 0 Å². The number of hydrogen-bond donors (Lipinski definition) is 1. The smallest absolute Gasteiger partial charge is 0.0947 e. The fourth-order valence-corrected chi connectivity index (χ4v) is 3.15. The lowest BCUT2D eigenvalue weighted by atomic mass is 9.87. The van der Waals surface area contributed by atoms with Crippen molar-refractivity contribution in [2.75, 3.05) is 6.54 Å². The maximum absolute atomic E-state index is 4.72. The van der Waals surface area contributed by atoms with E-state index in [1.165, 1.54) is 9.71 Å². The zero-order valence-corrected chi connectivity index (χ0v) is 12.8. The van der Waals surface area contributed by atoms with E-state index in [0.29, 0.717) is 6.04 Å². The second kappa shape index (κ2) is 5.85. The van der Waals surface area contributed by atoms with Gasteiger partial charge in [-0.1, -0.05) is 39.0 Å². The minimum Gasteiger partial charge on any atom is -0.314 e. The highest BCUT2D eigenvalue weighted by Crippen LogP contribution is 2.29. The molecule has 1 heterocycles. The quantitative estimate of drug-likeness (QED) is 0.804. The van der Waals surface area contributed by atoms with Gasteiger partial charge in [0.25, 0.3) is 0 Å². The molecule has 0 saturated carbocycles. The zero-order chi connectivity index (χ0) is 13.9. The molecule has 0 aliphatic heterocycles. The summed E-state index contributed by atoms with van der Waals surface area (Å²) < 4.78 is 1.26. The molecule has 102 valence electrons. The van der Waals surface area contributed by atoms with Crippen LogP contribution in [-0.4, -0.2) is 17.6 Å². The third-order valence-corrected chi connectivity index (χ3v) is 4.34. The number of fused-ring (bicyclic) bond motifs is 1. The lowest BCUT2D eigenvalue weighted by Gasteiger charge is -2.26. The summed E-state index contributed by atoms with van der Waals surface area (Å²) in [7, 11) is 0. The number of hydrogen-bond acceptors (Lipinski definition) is 3. The maximum Gasteiger partial charge on any atom is 0.0947 e. The molecule has 0 radical (unpaired) electrons. The van der Waals surface area contributed by atoms with Gasteiger partial charge in [-0.3, -0.25) is 0 Å². The molecule has 0 fully saturated rings. The Morgan fingerprint density at radius 1 is 1.42 bits per heavy atom. The van der Waals surface area contributed by atoms with Crippen molar-refractivity contribution >= 4 is 21.6 Å². The molecule has 1 aromatic carbocycles. The lowest BCUT2D eigenvalue weighted by Crippen LogP contribution is -2.35.